The number of rotatable bonds is 4. The molecule has 1 unspecified atom stereocenters. The van der Waals surface area contributed by atoms with Crippen LogP contribution in [0.1, 0.15) is 37.0 Å². The van der Waals surface area contributed by atoms with Gasteiger partial charge in [0.1, 0.15) is 0 Å². The Labute approximate surface area is 146 Å². The van der Waals surface area contributed by atoms with Crippen LogP contribution in [0.2, 0.25) is 0 Å². The number of anilines is 2. The molecule has 1 aromatic carbocycles. The van der Waals surface area contributed by atoms with Gasteiger partial charge >= 0.3 is 0 Å². The van der Waals surface area contributed by atoms with Crippen molar-refractivity contribution in [3.63, 3.8) is 0 Å². The molecular weight excluding hydrogens is 318 g/mol. The Hall–Kier alpha value is -2.89. The predicted molar refractivity (Wildman–Crippen MR) is 97.0 cm³/mol. The monoisotopic (exact) mass is 339 g/mol. The van der Waals surface area contributed by atoms with Gasteiger partial charge in [-0.25, -0.2) is 0 Å². The molecule has 6 nitrogen and oxygen atoms in total. The number of nitrogens with zero attached hydrogens (tertiary/aromatic N) is 2. The van der Waals surface area contributed by atoms with Crippen molar-refractivity contribution in [1.29, 1.82) is 0 Å². The highest BCUT2D eigenvalue weighted by atomic mass is 16.2. The Balaban J connectivity index is 1.73. The summed E-state index contributed by atoms with van der Waals surface area (Å²) in [5.74, 6) is -0.209. The molecule has 130 valence electrons. The van der Waals surface area contributed by atoms with E-state index in [0.29, 0.717) is 24.2 Å². The van der Waals surface area contributed by atoms with Crippen molar-refractivity contribution in [3.05, 3.63) is 58.5 Å². The second kappa shape index (κ2) is 6.93. The lowest BCUT2D eigenvalue weighted by Crippen LogP contribution is -2.30. The van der Waals surface area contributed by atoms with Crippen LogP contribution in [0, 0.1) is 0 Å². The third-order valence-corrected chi connectivity index (χ3v) is 4.49. The maximum Gasteiger partial charge on any atom is 0.255 e. The van der Waals surface area contributed by atoms with E-state index in [0.717, 1.165) is 12.1 Å². The van der Waals surface area contributed by atoms with E-state index in [1.165, 1.54) is 10.6 Å². The SMILES string of the molecule is CCn1ccc(C(=O)Nc2ccc(N3C(=O)CCC3C)cc2)cc1=O. The smallest absolute Gasteiger partial charge is 0.255 e. The van der Waals surface area contributed by atoms with Crippen LogP contribution < -0.4 is 15.8 Å². The molecule has 6 heteroatoms. The van der Waals surface area contributed by atoms with Crippen molar-refractivity contribution in [2.24, 2.45) is 0 Å². The van der Waals surface area contributed by atoms with Crippen molar-refractivity contribution < 1.29 is 9.59 Å². The molecule has 25 heavy (non-hydrogen) atoms. The third kappa shape index (κ3) is 3.47. The molecule has 0 bridgehead atoms. The molecule has 1 atom stereocenters. The fourth-order valence-corrected chi connectivity index (χ4v) is 3.05. The molecule has 1 aliphatic rings. The van der Waals surface area contributed by atoms with Gasteiger partial charge in [-0.05, 0) is 50.6 Å². The first-order valence-corrected chi connectivity index (χ1v) is 8.43. The predicted octanol–water partition coefficient (Wildman–Crippen LogP) is 2.64. The lowest BCUT2D eigenvalue weighted by atomic mass is 10.2. The van der Waals surface area contributed by atoms with Crippen molar-refractivity contribution in [1.82, 2.24) is 4.57 Å². The second-order valence-electron chi connectivity index (χ2n) is 6.19. The minimum Gasteiger partial charge on any atom is -0.322 e. The summed E-state index contributed by atoms with van der Waals surface area (Å²) in [6, 6.07) is 10.3. The number of pyridine rings is 1. The van der Waals surface area contributed by atoms with Gasteiger partial charge in [-0.2, -0.15) is 0 Å². The van der Waals surface area contributed by atoms with Crippen molar-refractivity contribution in [2.45, 2.75) is 39.3 Å². The number of hydrogen-bond acceptors (Lipinski definition) is 3. The van der Waals surface area contributed by atoms with E-state index in [-0.39, 0.29) is 23.4 Å². The molecule has 1 N–H and O–H groups in total. The molecule has 2 heterocycles. The number of carbonyl (C=O) groups is 2. The number of aryl methyl sites for hydroxylation is 1. The Kier molecular flexibility index (Phi) is 4.70. The van der Waals surface area contributed by atoms with E-state index < -0.39 is 0 Å². The van der Waals surface area contributed by atoms with Crippen LogP contribution in [0.5, 0.6) is 0 Å². The average molecular weight is 339 g/mol. The maximum atomic E-state index is 12.3. The third-order valence-electron chi connectivity index (χ3n) is 4.49. The maximum absolute atomic E-state index is 12.3. The lowest BCUT2D eigenvalue weighted by Gasteiger charge is -2.21. The first-order chi connectivity index (χ1) is 12.0. The number of carbonyl (C=O) groups excluding carboxylic acids is 2. The number of hydrogen-bond donors (Lipinski definition) is 1. The Morgan fingerprint density at radius 2 is 1.92 bits per heavy atom. The molecule has 1 aromatic heterocycles. The van der Waals surface area contributed by atoms with Crippen LogP contribution in [-0.2, 0) is 11.3 Å². The van der Waals surface area contributed by atoms with Gasteiger partial charge in [0, 0.05) is 48.2 Å². The van der Waals surface area contributed by atoms with E-state index in [1.54, 1.807) is 29.3 Å². The van der Waals surface area contributed by atoms with Gasteiger partial charge in [0.2, 0.25) is 5.91 Å². The van der Waals surface area contributed by atoms with E-state index >= 15 is 0 Å². The van der Waals surface area contributed by atoms with Gasteiger partial charge in [0.05, 0.1) is 0 Å². The molecular formula is C19H21N3O3. The molecule has 0 saturated carbocycles. The van der Waals surface area contributed by atoms with Gasteiger partial charge in [0.25, 0.3) is 11.5 Å². The molecule has 1 aliphatic heterocycles. The van der Waals surface area contributed by atoms with E-state index in [4.69, 9.17) is 0 Å². The molecule has 2 amide bonds. The van der Waals surface area contributed by atoms with E-state index in [1.807, 2.05) is 26.0 Å². The standard InChI is InChI=1S/C19H21N3O3/c1-3-21-11-10-14(12-18(21)24)19(25)20-15-5-7-16(8-6-15)22-13(2)4-9-17(22)23/h5-8,10-13H,3-4,9H2,1-2H3,(H,20,25). The fourth-order valence-electron chi connectivity index (χ4n) is 3.05. The lowest BCUT2D eigenvalue weighted by molar-refractivity contribution is -0.117. The summed E-state index contributed by atoms with van der Waals surface area (Å²) >= 11 is 0. The highest BCUT2D eigenvalue weighted by Gasteiger charge is 2.28. The molecule has 2 aromatic rings. The van der Waals surface area contributed by atoms with E-state index in [9.17, 15) is 14.4 Å². The highest BCUT2D eigenvalue weighted by Crippen LogP contribution is 2.27. The minimum atomic E-state index is -0.335. The zero-order chi connectivity index (χ0) is 18.0. The van der Waals surface area contributed by atoms with Crippen LogP contribution in [0.3, 0.4) is 0 Å². The molecule has 3 rings (SSSR count). The highest BCUT2D eigenvalue weighted by molar-refractivity contribution is 6.04. The Morgan fingerprint density at radius 1 is 1.20 bits per heavy atom. The zero-order valence-corrected chi connectivity index (χ0v) is 14.4. The molecule has 1 saturated heterocycles. The van der Waals surface area contributed by atoms with Crippen molar-refractivity contribution >= 4 is 23.2 Å². The first-order valence-electron chi connectivity index (χ1n) is 8.43. The Morgan fingerprint density at radius 3 is 2.48 bits per heavy atom. The number of benzene rings is 1. The molecule has 0 spiro atoms. The minimum absolute atomic E-state index is 0.126. The summed E-state index contributed by atoms with van der Waals surface area (Å²) in [4.78, 5) is 37.8. The van der Waals surface area contributed by atoms with Crippen LogP contribution in [0.15, 0.2) is 47.4 Å². The molecule has 0 radical (unpaired) electrons. The summed E-state index contributed by atoms with van der Waals surface area (Å²) < 4.78 is 1.53. The summed E-state index contributed by atoms with van der Waals surface area (Å²) in [7, 11) is 0. The second-order valence-corrected chi connectivity index (χ2v) is 6.19. The number of aromatic nitrogens is 1. The summed E-state index contributed by atoms with van der Waals surface area (Å²) in [5.41, 5.74) is 1.57. The van der Waals surface area contributed by atoms with Gasteiger partial charge < -0.3 is 14.8 Å². The van der Waals surface area contributed by atoms with Gasteiger partial charge in [-0.15, -0.1) is 0 Å². The number of nitrogens with one attached hydrogen (secondary N) is 1. The normalized spacial score (nSPS) is 17.0. The topological polar surface area (TPSA) is 71.4 Å². The summed E-state index contributed by atoms with van der Waals surface area (Å²) in [6.45, 7) is 4.46. The molecule has 1 fully saturated rings. The average Bonchev–Trinajstić information content (AvgIpc) is 2.94. The Bertz CT molecular complexity index is 855. The fraction of sp³-hybridized carbons (Fsp3) is 0.316. The van der Waals surface area contributed by atoms with Gasteiger partial charge in [-0.1, -0.05) is 0 Å². The summed E-state index contributed by atoms with van der Waals surface area (Å²) in [5, 5.41) is 2.77. The quantitative estimate of drug-likeness (QED) is 0.931. The van der Waals surface area contributed by atoms with Gasteiger partial charge in [-0.3, -0.25) is 14.4 Å². The van der Waals surface area contributed by atoms with Crippen LogP contribution >= 0.6 is 0 Å². The van der Waals surface area contributed by atoms with Gasteiger partial charge in [0.15, 0.2) is 0 Å². The van der Waals surface area contributed by atoms with Crippen LogP contribution in [0.4, 0.5) is 11.4 Å². The zero-order valence-electron chi connectivity index (χ0n) is 14.4. The number of amides is 2. The molecule has 0 aliphatic carbocycles. The van der Waals surface area contributed by atoms with Crippen LogP contribution in [0.25, 0.3) is 0 Å². The summed E-state index contributed by atoms with van der Waals surface area (Å²) in [6.07, 6.45) is 3.05. The van der Waals surface area contributed by atoms with Crippen molar-refractivity contribution in [2.75, 3.05) is 10.2 Å². The van der Waals surface area contributed by atoms with Crippen molar-refractivity contribution in [3.8, 4) is 0 Å². The van der Waals surface area contributed by atoms with Crippen LogP contribution in [-0.4, -0.2) is 22.4 Å². The van der Waals surface area contributed by atoms with E-state index in [2.05, 4.69) is 5.32 Å². The first kappa shape index (κ1) is 17.0. The largest absolute Gasteiger partial charge is 0.322 e.